The Morgan fingerprint density at radius 2 is 1.88 bits per heavy atom. The van der Waals surface area contributed by atoms with E-state index in [1.165, 1.54) is 12.3 Å². The Bertz CT molecular complexity index is 823. The molecule has 0 aliphatic rings. The van der Waals surface area contributed by atoms with E-state index in [0.717, 1.165) is 0 Å². The van der Waals surface area contributed by atoms with Crippen molar-refractivity contribution in [2.24, 2.45) is 0 Å². The summed E-state index contributed by atoms with van der Waals surface area (Å²) in [6, 6.07) is 14.9. The molecule has 1 aromatic carbocycles. The van der Waals surface area contributed by atoms with E-state index in [4.69, 9.17) is 4.74 Å². The summed E-state index contributed by atoms with van der Waals surface area (Å²) >= 11 is 0. The van der Waals surface area contributed by atoms with Gasteiger partial charge >= 0.3 is 0 Å². The molecule has 6 heteroatoms. The lowest BCUT2D eigenvalue weighted by Gasteiger charge is -2.07. The number of aromatic nitrogens is 2. The molecule has 0 saturated carbocycles. The Balaban J connectivity index is 1.59. The van der Waals surface area contributed by atoms with Crippen molar-refractivity contribution >= 4 is 11.7 Å². The number of hydrogen-bond donors (Lipinski definition) is 1. The molecule has 0 aliphatic heterocycles. The Hall–Kier alpha value is -3.28. The van der Waals surface area contributed by atoms with E-state index >= 15 is 0 Å². The summed E-state index contributed by atoms with van der Waals surface area (Å²) in [4.78, 5) is 19.9. The van der Waals surface area contributed by atoms with Gasteiger partial charge in [-0.25, -0.2) is 9.37 Å². The van der Waals surface area contributed by atoms with Crippen LogP contribution in [0.25, 0.3) is 11.3 Å². The second kappa shape index (κ2) is 7.32. The zero-order valence-electron chi connectivity index (χ0n) is 12.6. The van der Waals surface area contributed by atoms with E-state index < -0.39 is 0 Å². The maximum Gasteiger partial charge on any atom is 0.263 e. The number of rotatable bonds is 5. The summed E-state index contributed by atoms with van der Waals surface area (Å²) < 4.78 is 19.1. The van der Waals surface area contributed by atoms with Crippen LogP contribution in [-0.4, -0.2) is 22.5 Å². The molecule has 0 fully saturated rings. The van der Waals surface area contributed by atoms with E-state index in [1.54, 1.807) is 54.7 Å². The van der Waals surface area contributed by atoms with Crippen LogP contribution in [0.4, 0.5) is 10.2 Å². The number of halogens is 1. The number of nitrogens with zero attached hydrogens (tertiary/aromatic N) is 2. The lowest BCUT2D eigenvalue weighted by Crippen LogP contribution is -2.20. The highest BCUT2D eigenvalue weighted by molar-refractivity contribution is 5.90. The molecule has 1 amide bonds. The van der Waals surface area contributed by atoms with Crippen molar-refractivity contribution in [2.75, 3.05) is 11.9 Å². The van der Waals surface area contributed by atoms with Crippen molar-refractivity contribution in [3.05, 3.63) is 72.8 Å². The van der Waals surface area contributed by atoms with Gasteiger partial charge in [0.2, 0.25) is 0 Å². The molecule has 120 valence electrons. The summed E-state index contributed by atoms with van der Waals surface area (Å²) in [5, 5.41) is 2.61. The van der Waals surface area contributed by atoms with Crippen LogP contribution in [0.1, 0.15) is 0 Å². The molecule has 5 nitrogen and oxygen atoms in total. The molecular weight excluding hydrogens is 309 g/mol. The van der Waals surface area contributed by atoms with Gasteiger partial charge in [-0.1, -0.05) is 18.2 Å². The SMILES string of the molecule is O=C(COc1ccc(-c2ccccc2F)nc1)Nc1ccccn1. The van der Waals surface area contributed by atoms with Gasteiger partial charge in [0.05, 0.1) is 11.9 Å². The molecule has 0 unspecified atom stereocenters. The minimum Gasteiger partial charge on any atom is -0.482 e. The molecule has 0 spiro atoms. The van der Waals surface area contributed by atoms with Gasteiger partial charge in [-0.3, -0.25) is 9.78 Å². The van der Waals surface area contributed by atoms with Crippen LogP contribution in [0, 0.1) is 5.82 Å². The molecule has 0 saturated heterocycles. The van der Waals surface area contributed by atoms with Crippen molar-refractivity contribution in [1.29, 1.82) is 0 Å². The average molecular weight is 323 g/mol. The molecule has 0 bridgehead atoms. The normalized spacial score (nSPS) is 10.2. The van der Waals surface area contributed by atoms with Crippen molar-refractivity contribution in [3.8, 4) is 17.0 Å². The summed E-state index contributed by atoms with van der Waals surface area (Å²) in [6.45, 7) is -0.169. The number of nitrogens with one attached hydrogen (secondary N) is 1. The number of ether oxygens (including phenoxy) is 1. The number of anilines is 1. The van der Waals surface area contributed by atoms with Crippen molar-refractivity contribution in [1.82, 2.24) is 9.97 Å². The number of amides is 1. The van der Waals surface area contributed by atoms with E-state index in [0.29, 0.717) is 22.8 Å². The number of carbonyl (C=O) groups is 1. The highest BCUT2D eigenvalue weighted by atomic mass is 19.1. The first-order valence-corrected chi connectivity index (χ1v) is 7.27. The zero-order valence-corrected chi connectivity index (χ0v) is 12.6. The van der Waals surface area contributed by atoms with Crippen LogP contribution < -0.4 is 10.1 Å². The predicted molar refractivity (Wildman–Crippen MR) is 88.0 cm³/mol. The molecule has 2 aromatic heterocycles. The molecule has 0 radical (unpaired) electrons. The second-order valence-corrected chi connectivity index (χ2v) is 4.91. The van der Waals surface area contributed by atoms with E-state index in [9.17, 15) is 9.18 Å². The number of benzene rings is 1. The van der Waals surface area contributed by atoms with Gasteiger partial charge in [0.15, 0.2) is 6.61 Å². The van der Waals surface area contributed by atoms with Gasteiger partial charge in [-0.2, -0.15) is 0 Å². The van der Waals surface area contributed by atoms with E-state index in [1.807, 2.05) is 0 Å². The number of carbonyl (C=O) groups excluding carboxylic acids is 1. The van der Waals surface area contributed by atoms with Crippen LogP contribution in [0.2, 0.25) is 0 Å². The fourth-order valence-electron chi connectivity index (χ4n) is 2.06. The minimum atomic E-state index is -0.339. The van der Waals surface area contributed by atoms with Gasteiger partial charge in [0.25, 0.3) is 5.91 Å². The van der Waals surface area contributed by atoms with E-state index in [2.05, 4.69) is 15.3 Å². The fourth-order valence-corrected chi connectivity index (χ4v) is 2.06. The Labute approximate surface area is 138 Å². The highest BCUT2D eigenvalue weighted by Gasteiger charge is 2.07. The van der Waals surface area contributed by atoms with Gasteiger partial charge < -0.3 is 10.1 Å². The lowest BCUT2D eigenvalue weighted by molar-refractivity contribution is -0.118. The molecule has 0 atom stereocenters. The summed E-state index contributed by atoms with van der Waals surface area (Å²) in [5.74, 6) is 0.214. The highest BCUT2D eigenvalue weighted by Crippen LogP contribution is 2.22. The molecule has 24 heavy (non-hydrogen) atoms. The third-order valence-corrected chi connectivity index (χ3v) is 3.19. The first kappa shape index (κ1) is 15.6. The van der Waals surface area contributed by atoms with Gasteiger partial charge in [0, 0.05) is 11.8 Å². The van der Waals surface area contributed by atoms with Gasteiger partial charge in [-0.15, -0.1) is 0 Å². The standard InChI is InChI=1S/C18H14FN3O2/c19-15-6-2-1-5-14(15)16-9-8-13(11-21-16)24-12-18(23)22-17-7-3-4-10-20-17/h1-11H,12H2,(H,20,22,23). The molecule has 1 N–H and O–H groups in total. The first-order valence-electron chi connectivity index (χ1n) is 7.27. The topological polar surface area (TPSA) is 64.1 Å². The minimum absolute atomic E-state index is 0.169. The Morgan fingerprint density at radius 1 is 1.04 bits per heavy atom. The molecule has 0 aliphatic carbocycles. The molecule has 3 aromatic rings. The first-order chi connectivity index (χ1) is 11.7. The zero-order chi connectivity index (χ0) is 16.8. The van der Waals surface area contributed by atoms with Crippen LogP contribution in [0.5, 0.6) is 5.75 Å². The van der Waals surface area contributed by atoms with Crippen LogP contribution in [0.15, 0.2) is 67.0 Å². The third kappa shape index (κ3) is 3.92. The predicted octanol–water partition coefficient (Wildman–Crippen LogP) is 3.30. The van der Waals surface area contributed by atoms with Crippen LogP contribution >= 0.6 is 0 Å². The maximum absolute atomic E-state index is 13.7. The van der Waals surface area contributed by atoms with Crippen molar-refractivity contribution < 1.29 is 13.9 Å². The Morgan fingerprint density at radius 3 is 2.58 bits per heavy atom. The van der Waals surface area contributed by atoms with Crippen LogP contribution in [-0.2, 0) is 4.79 Å². The summed E-state index contributed by atoms with van der Waals surface area (Å²) in [6.07, 6.45) is 3.04. The van der Waals surface area contributed by atoms with Crippen molar-refractivity contribution in [2.45, 2.75) is 0 Å². The molecular formula is C18H14FN3O2. The number of pyridine rings is 2. The third-order valence-electron chi connectivity index (χ3n) is 3.19. The molecule has 2 heterocycles. The largest absolute Gasteiger partial charge is 0.482 e. The monoisotopic (exact) mass is 323 g/mol. The lowest BCUT2D eigenvalue weighted by atomic mass is 10.1. The quantitative estimate of drug-likeness (QED) is 0.782. The second-order valence-electron chi connectivity index (χ2n) is 4.91. The van der Waals surface area contributed by atoms with E-state index in [-0.39, 0.29) is 18.3 Å². The summed E-state index contributed by atoms with van der Waals surface area (Å²) in [7, 11) is 0. The van der Waals surface area contributed by atoms with Gasteiger partial charge in [0.1, 0.15) is 17.4 Å². The fraction of sp³-hybridized carbons (Fsp3) is 0.0556. The Kier molecular flexibility index (Phi) is 4.76. The van der Waals surface area contributed by atoms with Crippen molar-refractivity contribution in [3.63, 3.8) is 0 Å². The molecule has 3 rings (SSSR count). The average Bonchev–Trinajstić information content (AvgIpc) is 2.62. The van der Waals surface area contributed by atoms with Gasteiger partial charge in [-0.05, 0) is 36.4 Å². The maximum atomic E-state index is 13.7. The number of hydrogen-bond acceptors (Lipinski definition) is 4. The van der Waals surface area contributed by atoms with Crippen LogP contribution in [0.3, 0.4) is 0 Å². The summed E-state index contributed by atoms with van der Waals surface area (Å²) in [5.41, 5.74) is 0.912. The smallest absolute Gasteiger partial charge is 0.263 e.